The van der Waals surface area contributed by atoms with Crippen LogP contribution in [0.15, 0.2) is 0 Å². The molecular weight excluding hydrogens is 441 g/mol. The molecule has 0 unspecified atom stereocenters. The molecule has 0 heterocycles. The van der Waals surface area contributed by atoms with E-state index in [4.69, 9.17) is 38.5 Å². The molecule has 0 spiro atoms. The number of hydrogen-bond acceptors (Lipinski definition) is 8. The van der Waals surface area contributed by atoms with E-state index < -0.39 is 15.6 Å². The number of phosphoric acid groups is 2. The van der Waals surface area contributed by atoms with Gasteiger partial charge in [-0.05, 0) is 0 Å². The fourth-order valence-electron chi connectivity index (χ4n) is 0. The minimum absolute atomic E-state index is 0. The third-order valence-corrected chi connectivity index (χ3v) is 0. The summed E-state index contributed by atoms with van der Waals surface area (Å²) in [5.74, 6) is 0. The van der Waals surface area contributed by atoms with Crippen LogP contribution in [0.25, 0.3) is 0 Å². The molecule has 17 heavy (non-hydrogen) atoms. The van der Waals surface area contributed by atoms with Gasteiger partial charge in [-0.1, -0.05) is 0 Å². The van der Waals surface area contributed by atoms with Crippen molar-refractivity contribution in [1.82, 2.24) is 0 Å². The van der Waals surface area contributed by atoms with E-state index in [1.54, 1.807) is 0 Å². The second kappa shape index (κ2) is 26.4. The summed E-state index contributed by atoms with van der Waals surface area (Å²) in [6.45, 7) is 0. The maximum atomic E-state index is 8.55. The van der Waals surface area contributed by atoms with Crippen LogP contribution in [0.2, 0.25) is 0 Å². The molecule has 0 atom stereocenters. The molecule has 0 aromatic rings. The summed E-state index contributed by atoms with van der Waals surface area (Å²) in [4.78, 5) is 51.3. The minimum Gasteiger partial charge on any atom is -0.822 e. The van der Waals surface area contributed by atoms with Crippen LogP contribution in [0.5, 0.6) is 0 Å². The molecule has 0 radical (unpaired) electrons. The molecule has 0 aromatic heterocycles. The molecule has 0 bridgehead atoms. The predicted molar refractivity (Wildman–Crippen MR) is 29.7 cm³/mol. The van der Waals surface area contributed by atoms with Crippen molar-refractivity contribution >= 4 is 15.6 Å². The van der Waals surface area contributed by atoms with Gasteiger partial charge in [-0.2, -0.15) is 15.6 Å². The van der Waals surface area contributed by atoms with Gasteiger partial charge >= 0.3 is 56.0 Å². The molecule has 0 saturated heterocycles. The SMILES string of the molecule is O.O.O.O.O=P([O-])([O-])[O-].O=P([O-])([O-])[O-].[Fe+2].[Zn+2].[Zn+2]. The topological polar surface area (TPSA) is 298 Å². The molecule has 0 aliphatic carbocycles. The summed E-state index contributed by atoms with van der Waals surface area (Å²) in [6.07, 6.45) is 0. The van der Waals surface area contributed by atoms with Crippen molar-refractivity contribution in [3.8, 4) is 0 Å². The van der Waals surface area contributed by atoms with Crippen LogP contribution in [0, 0.1) is 0 Å². The van der Waals surface area contributed by atoms with E-state index in [0.29, 0.717) is 0 Å². The van der Waals surface area contributed by atoms with E-state index in [0.717, 1.165) is 0 Å². The molecule has 0 fully saturated rings. The Morgan fingerprint density at radius 2 is 0.529 bits per heavy atom. The van der Waals surface area contributed by atoms with Gasteiger partial charge in [0.15, 0.2) is 0 Å². The molecule has 102 valence electrons. The van der Waals surface area contributed by atoms with Crippen molar-refractivity contribution in [1.29, 1.82) is 0 Å². The molecule has 17 heteroatoms. The standard InChI is InChI=1S/Fe.2H3O4P.4H2O.2Zn/c;2*1-5(2,3)4;;;;;;/h;2*(H3,1,2,3,4);4*1H2;;/q+2;;;;;;;2*+2/p-6. The Morgan fingerprint density at radius 1 is 0.529 bits per heavy atom. The molecule has 0 aliphatic rings. The fraction of sp³-hybridized carbons (Fsp3) is 0. The quantitative estimate of drug-likeness (QED) is 0.252. The Balaban J connectivity index is -0.00000000762. The number of hydrogen-bond donors (Lipinski definition) is 0. The van der Waals surface area contributed by atoms with Crippen LogP contribution in [0.3, 0.4) is 0 Å². The average molecular weight is 449 g/mol. The first kappa shape index (κ1) is 62.0. The van der Waals surface area contributed by atoms with Gasteiger partial charge in [0.05, 0.1) is 0 Å². The zero-order valence-corrected chi connectivity index (χ0v) is 16.8. The van der Waals surface area contributed by atoms with Gasteiger partial charge in [0.25, 0.3) is 0 Å². The maximum Gasteiger partial charge on any atom is 2.00 e. The van der Waals surface area contributed by atoms with Crippen LogP contribution < -0.4 is 29.4 Å². The van der Waals surface area contributed by atoms with Gasteiger partial charge in [0, 0.05) is 0 Å². The van der Waals surface area contributed by atoms with Crippen molar-refractivity contribution in [3.63, 3.8) is 0 Å². The van der Waals surface area contributed by atoms with Crippen LogP contribution in [-0.2, 0) is 65.2 Å². The summed E-state index contributed by atoms with van der Waals surface area (Å²) < 4.78 is 17.1. The van der Waals surface area contributed by atoms with Gasteiger partial charge in [-0.3, -0.25) is 0 Å². The summed E-state index contributed by atoms with van der Waals surface area (Å²) in [5.41, 5.74) is 0. The zero-order valence-electron chi connectivity index (χ0n) is 7.93. The zero-order chi connectivity index (χ0) is 9.00. The van der Waals surface area contributed by atoms with E-state index in [2.05, 4.69) is 0 Å². The fourth-order valence-corrected chi connectivity index (χ4v) is 0. The molecule has 12 nitrogen and oxygen atoms in total. The monoisotopic (exact) mass is 446 g/mol. The minimum atomic E-state index is -5.39. The predicted octanol–water partition coefficient (Wildman–Crippen LogP) is -8.96. The molecule has 0 aromatic carbocycles. The Kier molecular flexibility index (Phi) is 96.2. The van der Waals surface area contributed by atoms with Gasteiger partial charge in [-0.15, -0.1) is 0 Å². The first-order chi connectivity index (χ1) is 4.00. The van der Waals surface area contributed by atoms with Crippen molar-refractivity contribution in [2.24, 2.45) is 0 Å². The van der Waals surface area contributed by atoms with E-state index in [1.807, 2.05) is 0 Å². The van der Waals surface area contributed by atoms with E-state index in [-0.39, 0.29) is 77.9 Å². The summed E-state index contributed by atoms with van der Waals surface area (Å²) in [6, 6.07) is 0. The van der Waals surface area contributed by atoms with Crippen LogP contribution in [0.1, 0.15) is 0 Å². The van der Waals surface area contributed by atoms with Crippen molar-refractivity contribution in [2.45, 2.75) is 0 Å². The third-order valence-electron chi connectivity index (χ3n) is 0. The van der Waals surface area contributed by atoms with E-state index >= 15 is 0 Å². The third kappa shape index (κ3) is 1340. The second-order valence-corrected chi connectivity index (χ2v) is 2.68. The van der Waals surface area contributed by atoms with Gasteiger partial charge < -0.3 is 60.4 Å². The average Bonchev–Trinajstić information content (AvgIpc) is 1.12. The molecular formula is H8FeO12P2Zn2. The first-order valence-electron chi connectivity index (χ1n) is 1.46. The Morgan fingerprint density at radius 3 is 0.529 bits per heavy atom. The Bertz CT molecular complexity index is 135. The van der Waals surface area contributed by atoms with Gasteiger partial charge in [0.2, 0.25) is 0 Å². The number of rotatable bonds is 0. The van der Waals surface area contributed by atoms with E-state index in [1.165, 1.54) is 0 Å². The molecule has 0 amide bonds. The Labute approximate surface area is 132 Å². The molecule has 0 aliphatic heterocycles. The molecule has 8 N–H and O–H groups in total. The van der Waals surface area contributed by atoms with E-state index in [9.17, 15) is 0 Å². The normalized spacial score (nSPS) is 6.94. The first-order valence-corrected chi connectivity index (χ1v) is 4.38. The molecule has 0 saturated carbocycles. The van der Waals surface area contributed by atoms with Gasteiger partial charge in [0.1, 0.15) is 0 Å². The molecule has 0 rings (SSSR count). The maximum absolute atomic E-state index is 8.55. The van der Waals surface area contributed by atoms with Crippen molar-refractivity contribution in [2.75, 3.05) is 0 Å². The summed E-state index contributed by atoms with van der Waals surface area (Å²) in [5, 5.41) is 0. The van der Waals surface area contributed by atoms with Gasteiger partial charge in [-0.25, -0.2) is 0 Å². The largest absolute Gasteiger partial charge is 2.00 e. The van der Waals surface area contributed by atoms with Crippen LogP contribution in [-0.4, -0.2) is 21.9 Å². The second-order valence-electron chi connectivity index (χ2n) is 0.894. The van der Waals surface area contributed by atoms with Crippen molar-refractivity contribution < 1.29 is 116 Å². The Hall–Kier alpha value is 1.83. The summed E-state index contributed by atoms with van der Waals surface area (Å²) in [7, 11) is -10.8. The smallest absolute Gasteiger partial charge is 0.822 e. The van der Waals surface area contributed by atoms with Crippen LogP contribution in [0.4, 0.5) is 0 Å². The van der Waals surface area contributed by atoms with Crippen molar-refractivity contribution in [3.05, 3.63) is 0 Å². The van der Waals surface area contributed by atoms with Crippen LogP contribution >= 0.6 is 15.6 Å². The summed E-state index contributed by atoms with van der Waals surface area (Å²) >= 11 is 0.